The molecule has 0 unspecified atom stereocenters. The summed E-state index contributed by atoms with van der Waals surface area (Å²) in [4.78, 5) is 0. The first-order valence-electron chi connectivity index (χ1n) is 11.5. The van der Waals surface area contributed by atoms with Crippen LogP contribution in [0.25, 0.3) is 0 Å². The molecule has 0 aliphatic heterocycles. The summed E-state index contributed by atoms with van der Waals surface area (Å²) < 4.78 is 0. The molecule has 4 atom stereocenters. The maximum atomic E-state index is 5.53. The summed E-state index contributed by atoms with van der Waals surface area (Å²) in [6, 6.07) is 21.2. The Kier molecular flexibility index (Phi) is 7.54. The van der Waals surface area contributed by atoms with Gasteiger partial charge in [-0.1, -0.05) is 88.4 Å². The average Bonchev–Trinajstić information content (AvgIpc) is 2.74. The quantitative estimate of drug-likeness (QED) is 0.620. The molecule has 2 bridgehead atoms. The Balaban J connectivity index is 0.000000186. The Morgan fingerprint density at radius 2 is 1.48 bits per heavy atom. The smallest absolute Gasteiger partial charge is 0.0214 e. The largest absolute Gasteiger partial charge is 0.329 e. The van der Waals surface area contributed by atoms with E-state index < -0.39 is 0 Å². The van der Waals surface area contributed by atoms with E-state index in [0.717, 1.165) is 36.8 Å². The van der Waals surface area contributed by atoms with Crippen molar-refractivity contribution in [1.29, 1.82) is 0 Å². The molecule has 158 valence electrons. The standard InChI is InChI=1S/C16H20N2.C11H20/c17-11-12-18-13-16(14-7-3-1-4-8-14)15-9-5-2-6-10-15;1-7-5-9-6-10(8(7)2)11(9,3)4/h1-10,16,18H,11-13,17H2;7-10H,5-6H2,1-4H3/t;7-,8+,9-,10-/m.1/s1. The lowest BCUT2D eigenvalue weighted by Crippen LogP contribution is -2.54. The van der Waals surface area contributed by atoms with Gasteiger partial charge in [-0.25, -0.2) is 0 Å². The van der Waals surface area contributed by atoms with Gasteiger partial charge in [0.2, 0.25) is 0 Å². The van der Waals surface area contributed by atoms with Crippen molar-refractivity contribution in [2.24, 2.45) is 34.8 Å². The number of hydrogen-bond acceptors (Lipinski definition) is 2. The monoisotopic (exact) mass is 392 g/mol. The van der Waals surface area contributed by atoms with Crippen molar-refractivity contribution >= 4 is 0 Å². The molecule has 3 aliphatic rings. The second-order valence-corrected chi connectivity index (χ2v) is 9.80. The van der Waals surface area contributed by atoms with Gasteiger partial charge in [-0.2, -0.15) is 0 Å². The summed E-state index contributed by atoms with van der Waals surface area (Å²) in [5.74, 6) is 4.45. The zero-order valence-electron chi connectivity index (χ0n) is 18.8. The molecule has 0 amide bonds. The van der Waals surface area contributed by atoms with Crippen molar-refractivity contribution in [2.75, 3.05) is 19.6 Å². The molecule has 3 fully saturated rings. The molecule has 0 aromatic heterocycles. The molecule has 3 N–H and O–H groups in total. The van der Waals surface area contributed by atoms with Gasteiger partial charge in [-0.05, 0) is 53.1 Å². The van der Waals surface area contributed by atoms with Crippen LogP contribution in [0.1, 0.15) is 57.6 Å². The van der Waals surface area contributed by atoms with E-state index in [0.29, 0.717) is 17.9 Å². The zero-order chi connectivity index (χ0) is 20.9. The normalized spacial score (nSPS) is 27.0. The van der Waals surface area contributed by atoms with Crippen LogP contribution >= 0.6 is 0 Å². The third kappa shape index (κ3) is 5.10. The third-order valence-corrected chi connectivity index (χ3v) is 7.81. The summed E-state index contributed by atoms with van der Waals surface area (Å²) in [5.41, 5.74) is 8.90. The van der Waals surface area contributed by atoms with Crippen molar-refractivity contribution in [3.63, 3.8) is 0 Å². The molecule has 3 aliphatic carbocycles. The number of fused-ring (bicyclic) bond motifs is 2. The average molecular weight is 393 g/mol. The summed E-state index contributed by atoms with van der Waals surface area (Å²) in [5, 5.41) is 3.41. The van der Waals surface area contributed by atoms with E-state index in [1.165, 1.54) is 24.0 Å². The molecular weight excluding hydrogens is 352 g/mol. The van der Waals surface area contributed by atoms with E-state index in [-0.39, 0.29) is 0 Å². The molecular formula is C27H40N2. The Labute approximate surface area is 178 Å². The van der Waals surface area contributed by atoms with Crippen molar-refractivity contribution < 1.29 is 0 Å². The van der Waals surface area contributed by atoms with Gasteiger partial charge < -0.3 is 11.1 Å². The van der Waals surface area contributed by atoms with Crippen LogP contribution in [0.5, 0.6) is 0 Å². The van der Waals surface area contributed by atoms with Crippen molar-refractivity contribution in [2.45, 2.75) is 46.5 Å². The highest BCUT2D eigenvalue weighted by atomic mass is 14.9. The van der Waals surface area contributed by atoms with E-state index in [9.17, 15) is 0 Å². The lowest BCUT2D eigenvalue weighted by molar-refractivity contribution is -0.124. The van der Waals surface area contributed by atoms with Gasteiger partial charge >= 0.3 is 0 Å². The molecule has 2 aromatic carbocycles. The molecule has 2 heteroatoms. The molecule has 0 spiro atoms. The van der Waals surface area contributed by atoms with Crippen LogP contribution in [0, 0.1) is 29.1 Å². The summed E-state index contributed by atoms with van der Waals surface area (Å²) in [7, 11) is 0. The Bertz CT molecular complexity index is 685. The highest BCUT2D eigenvalue weighted by Crippen LogP contribution is 2.62. The van der Waals surface area contributed by atoms with Crippen LogP contribution in [0.3, 0.4) is 0 Å². The Hall–Kier alpha value is -1.64. The number of hydrogen-bond donors (Lipinski definition) is 2. The van der Waals surface area contributed by atoms with Gasteiger partial charge in [0.25, 0.3) is 0 Å². The van der Waals surface area contributed by atoms with Gasteiger partial charge in [-0.3, -0.25) is 0 Å². The van der Waals surface area contributed by atoms with Gasteiger partial charge in [0.1, 0.15) is 0 Å². The summed E-state index contributed by atoms with van der Waals surface area (Å²) in [6.07, 6.45) is 3.02. The number of benzene rings is 2. The number of nitrogens with one attached hydrogen (secondary N) is 1. The maximum absolute atomic E-state index is 5.53. The maximum Gasteiger partial charge on any atom is 0.0214 e. The number of nitrogens with two attached hydrogens (primary N) is 1. The highest BCUT2D eigenvalue weighted by Gasteiger charge is 2.54. The van der Waals surface area contributed by atoms with Gasteiger partial charge in [0.15, 0.2) is 0 Å². The summed E-state index contributed by atoms with van der Waals surface area (Å²) >= 11 is 0. The molecule has 2 aromatic rings. The lowest BCUT2D eigenvalue weighted by atomic mass is 9.44. The molecule has 2 nitrogen and oxygen atoms in total. The van der Waals surface area contributed by atoms with Crippen molar-refractivity contribution in [3.8, 4) is 0 Å². The van der Waals surface area contributed by atoms with E-state index in [1.54, 1.807) is 0 Å². The van der Waals surface area contributed by atoms with Crippen LogP contribution in [-0.2, 0) is 0 Å². The van der Waals surface area contributed by atoms with Gasteiger partial charge in [0, 0.05) is 25.6 Å². The fourth-order valence-corrected chi connectivity index (χ4v) is 5.56. The zero-order valence-corrected chi connectivity index (χ0v) is 18.8. The molecule has 5 rings (SSSR count). The predicted octanol–water partition coefficient (Wildman–Crippen LogP) is 5.69. The fourth-order valence-electron chi connectivity index (χ4n) is 5.56. The second-order valence-electron chi connectivity index (χ2n) is 9.80. The van der Waals surface area contributed by atoms with Crippen LogP contribution in [0.15, 0.2) is 60.7 Å². The minimum atomic E-state index is 0.388. The predicted molar refractivity (Wildman–Crippen MR) is 125 cm³/mol. The van der Waals surface area contributed by atoms with Crippen LogP contribution < -0.4 is 11.1 Å². The second kappa shape index (κ2) is 9.91. The summed E-state index contributed by atoms with van der Waals surface area (Å²) in [6.45, 7) is 12.3. The van der Waals surface area contributed by atoms with Gasteiger partial charge in [-0.15, -0.1) is 0 Å². The SMILES string of the molecule is C[C@H]1[C@H](C)C[C@@H]2C[C@H]1C2(C)C.NCCNCC(c1ccccc1)c1ccccc1. The Morgan fingerprint density at radius 1 is 0.931 bits per heavy atom. The molecule has 0 saturated heterocycles. The molecule has 0 radical (unpaired) electrons. The first kappa shape index (κ1) is 22.1. The lowest BCUT2D eigenvalue weighted by Gasteiger charge is -2.61. The minimum absolute atomic E-state index is 0.388. The van der Waals surface area contributed by atoms with E-state index in [4.69, 9.17) is 5.73 Å². The first-order valence-corrected chi connectivity index (χ1v) is 11.5. The first-order chi connectivity index (χ1) is 13.9. The van der Waals surface area contributed by atoms with Crippen molar-refractivity contribution in [3.05, 3.63) is 71.8 Å². The highest BCUT2D eigenvalue weighted by molar-refractivity contribution is 5.32. The third-order valence-electron chi connectivity index (χ3n) is 7.81. The minimum Gasteiger partial charge on any atom is -0.329 e. The molecule has 0 heterocycles. The number of rotatable bonds is 6. The van der Waals surface area contributed by atoms with E-state index >= 15 is 0 Å². The van der Waals surface area contributed by atoms with E-state index in [2.05, 4.69) is 93.7 Å². The van der Waals surface area contributed by atoms with Crippen LogP contribution in [-0.4, -0.2) is 19.6 Å². The Morgan fingerprint density at radius 3 is 1.90 bits per heavy atom. The van der Waals surface area contributed by atoms with Crippen LogP contribution in [0.2, 0.25) is 0 Å². The fraction of sp³-hybridized carbons (Fsp3) is 0.556. The molecule has 3 saturated carbocycles. The van der Waals surface area contributed by atoms with Crippen LogP contribution in [0.4, 0.5) is 0 Å². The van der Waals surface area contributed by atoms with E-state index in [1.807, 2.05) is 0 Å². The molecule has 29 heavy (non-hydrogen) atoms. The topological polar surface area (TPSA) is 38.0 Å². The van der Waals surface area contributed by atoms with Gasteiger partial charge in [0.05, 0.1) is 0 Å². The van der Waals surface area contributed by atoms with Crippen molar-refractivity contribution in [1.82, 2.24) is 5.32 Å².